The molecule has 5 heteroatoms. The van der Waals surface area contributed by atoms with Crippen molar-refractivity contribution in [1.29, 1.82) is 0 Å². The van der Waals surface area contributed by atoms with E-state index in [0.29, 0.717) is 12.2 Å². The highest BCUT2D eigenvalue weighted by Gasteiger charge is 2.42. The molecule has 0 aromatic carbocycles. The van der Waals surface area contributed by atoms with Gasteiger partial charge < -0.3 is 10.4 Å². The van der Waals surface area contributed by atoms with Crippen molar-refractivity contribution in [2.75, 3.05) is 13.2 Å². The van der Waals surface area contributed by atoms with E-state index in [1.54, 1.807) is 6.07 Å². The van der Waals surface area contributed by atoms with E-state index >= 15 is 0 Å². The molecule has 1 aliphatic carbocycles. The fourth-order valence-electron chi connectivity index (χ4n) is 1.50. The van der Waals surface area contributed by atoms with Gasteiger partial charge in [0.25, 0.3) is 5.91 Å². The standard InChI is InChI=1S/C11H15N3O2/c1-8-4-9(14-7-13-8)10(16)12-5-11(6-15)2-3-11/h4,7,15H,2-3,5-6H2,1H3,(H,12,16). The van der Waals surface area contributed by atoms with Crippen LogP contribution in [0.1, 0.15) is 29.0 Å². The van der Waals surface area contributed by atoms with Crippen molar-refractivity contribution in [3.63, 3.8) is 0 Å². The predicted octanol–water partition coefficient (Wildman–Crippen LogP) is 0.287. The Morgan fingerprint density at radius 1 is 1.56 bits per heavy atom. The number of nitrogens with zero attached hydrogens (tertiary/aromatic N) is 2. The Bertz CT molecular complexity index is 402. The first-order chi connectivity index (χ1) is 7.65. The van der Waals surface area contributed by atoms with Gasteiger partial charge in [-0.05, 0) is 25.8 Å². The van der Waals surface area contributed by atoms with Crippen molar-refractivity contribution < 1.29 is 9.90 Å². The molecule has 1 amide bonds. The number of amides is 1. The van der Waals surface area contributed by atoms with Crippen molar-refractivity contribution >= 4 is 5.91 Å². The number of nitrogens with one attached hydrogen (secondary N) is 1. The molecule has 0 unspecified atom stereocenters. The van der Waals surface area contributed by atoms with E-state index in [9.17, 15) is 4.79 Å². The lowest BCUT2D eigenvalue weighted by Gasteiger charge is -2.12. The van der Waals surface area contributed by atoms with Crippen LogP contribution in [0.3, 0.4) is 0 Å². The van der Waals surface area contributed by atoms with E-state index in [-0.39, 0.29) is 17.9 Å². The summed E-state index contributed by atoms with van der Waals surface area (Å²) in [6.07, 6.45) is 3.34. The molecule has 2 rings (SSSR count). The summed E-state index contributed by atoms with van der Waals surface area (Å²) in [7, 11) is 0. The maximum absolute atomic E-state index is 11.7. The summed E-state index contributed by atoms with van der Waals surface area (Å²) >= 11 is 0. The second kappa shape index (κ2) is 4.17. The first-order valence-corrected chi connectivity index (χ1v) is 5.33. The van der Waals surface area contributed by atoms with Gasteiger partial charge in [-0.25, -0.2) is 9.97 Å². The third kappa shape index (κ3) is 2.36. The number of carbonyl (C=O) groups is 1. The summed E-state index contributed by atoms with van der Waals surface area (Å²) in [4.78, 5) is 19.5. The van der Waals surface area contributed by atoms with Crippen LogP contribution in [0.5, 0.6) is 0 Å². The van der Waals surface area contributed by atoms with Crippen molar-refractivity contribution in [2.45, 2.75) is 19.8 Å². The monoisotopic (exact) mass is 221 g/mol. The minimum atomic E-state index is -0.203. The van der Waals surface area contributed by atoms with Crippen molar-refractivity contribution in [3.8, 4) is 0 Å². The van der Waals surface area contributed by atoms with E-state index in [1.165, 1.54) is 6.33 Å². The van der Waals surface area contributed by atoms with Crippen LogP contribution in [0.4, 0.5) is 0 Å². The molecule has 86 valence electrons. The maximum Gasteiger partial charge on any atom is 0.270 e. The first kappa shape index (κ1) is 11.0. The van der Waals surface area contributed by atoms with Gasteiger partial charge in [-0.2, -0.15) is 0 Å². The van der Waals surface area contributed by atoms with Gasteiger partial charge in [-0.3, -0.25) is 4.79 Å². The molecule has 0 saturated heterocycles. The Kier molecular flexibility index (Phi) is 2.87. The van der Waals surface area contributed by atoms with Gasteiger partial charge in [0.1, 0.15) is 12.0 Å². The Hall–Kier alpha value is -1.49. The van der Waals surface area contributed by atoms with Gasteiger partial charge in [0, 0.05) is 17.7 Å². The molecule has 0 bridgehead atoms. The molecule has 0 radical (unpaired) electrons. The molecule has 2 N–H and O–H groups in total. The van der Waals surface area contributed by atoms with Crippen LogP contribution < -0.4 is 5.32 Å². The highest BCUT2D eigenvalue weighted by Crippen LogP contribution is 2.44. The molecule has 0 spiro atoms. The zero-order valence-electron chi connectivity index (χ0n) is 9.23. The van der Waals surface area contributed by atoms with Crippen LogP contribution in [0.15, 0.2) is 12.4 Å². The molecule has 1 fully saturated rings. The molecule has 16 heavy (non-hydrogen) atoms. The second-order valence-corrected chi connectivity index (χ2v) is 4.39. The number of aromatic nitrogens is 2. The summed E-state index contributed by atoms with van der Waals surface area (Å²) in [5.74, 6) is -0.203. The maximum atomic E-state index is 11.7. The molecule has 1 aliphatic rings. The summed E-state index contributed by atoms with van der Waals surface area (Å²) in [6.45, 7) is 2.47. The lowest BCUT2D eigenvalue weighted by Crippen LogP contribution is -2.32. The average Bonchev–Trinajstić information content (AvgIpc) is 3.07. The zero-order valence-corrected chi connectivity index (χ0v) is 9.23. The third-order valence-corrected chi connectivity index (χ3v) is 2.95. The van der Waals surface area contributed by atoms with E-state index in [2.05, 4.69) is 15.3 Å². The Morgan fingerprint density at radius 3 is 2.88 bits per heavy atom. The second-order valence-electron chi connectivity index (χ2n) is 4.39. The number of aliphatic hydroxyl groups excluding tert-OH is 1. The van der Waals surface area contributed by atoms with E-state index in [1.807, 2.05) is 6.92 Å². The van der Waals surface area contributed by atoms with Gasteiger partial charge in [0.05, 0.1) is 6.61 Å². The molecule has 1 aromatic rings. The molecular formula is C11H15N3O2. The Morgan fingerprint density at radius 2 is 2.31 bits per heavy atom. The normalized spacial score (nSPS) is 16.9. The fraction of sp³-hybridized carbons (Fsp3) is 0.545. The minimum absolute atomic E-state index is 0.0717. The van der Waals surface area contributed by atoms with E-state index in [4.69, 9.17) is 5.11 Å². The molecule has 5 nitrogen and oxygen atoms in total. The lowest BCUT2D eigenvalue weighted by atomic mass is 10.1. The molecule has 0 aliphatic heterocycles. The third-order valence-electron chi connectivity index (χ3n) is 2.95. The Balaban J connectivity index is 1.93. The largest absolute Gasteiger partial charge is 0.396 e. The summed E-state index contributed by atoms with van der Waals surface area (Å²) in [6, 6.07) is 1.65. The van der Waals surface area contributed by atoms with Gasteiger partial charge in [0.2, 0.25) is 0 Å². The summed E-state index contributed by atoms with van der Waals surface area (Å²) in [5.41, 5.74) is 1.07. The number of aliphatic hydroxyl groups is 1. The Labute approximate surface area is 93.9 Å². The summed E-state index contributed by atoms with van der Waals surface area (Å²) < 4.78 is 0. The van der Waals surface area contributed by atoms with E-state index in [0.717, 1.165) is 18.5 Å². The molecular weight excluding hydrogens is 206 g/mol. The van der Waals surface area contributed by atoms with Crippen LogP contribution in [-0.2, 0) is 0 Å². The van der Waals surface area contributed by atoms with Gasteiger partial charge in [-0.1, -0.05) is 0 Å². The van der Waals surface area contributed by atoms with E-state index < -0.39 is 0 Å². The van der Waals surface area contributed by atoms with Crippen molar-refractivity contribution in [3.05, 3.63) is 23.8 Å². The highest BCUT2D eigenvalue weighted by atomic mass is 16.3. The van der Waals surface area contributed by atoms with Crippen molar-refractivity contribution in [1.82, 2.24) is 15.3 Å². The number of aryl methyl sites for hydroxylation is 1. The smallest absolute Gasteiger partial charge is 0.270 e. The molecule has 0 atom stereocenters. The minimum Gasteiger partial charge on any atom is -0.396 e. The van der Waals surface area contributed by atoms with Crippen LogP contribution in [-0.4, -0.2) is 34.1 Å². The van der Waals surface area contributed by atoms with Crippen LogP contribution in [0.2, 0.25) is 0 Å². The molecule has 1 heterocycles. The van der Waals surface area contributed by atoms with Crippen molar-refractivity contribution in [2.24, 2.45) is 5.41 Å². The molecule has 1 aromatic heterocycles. The topological polar surface area (TPSA) is 75.1 Å². The fourth-order valence-corrected chi connectivity index (χ4v) is 1.50. The van der Waals surface area contributed by atoms with Gasteiger partial charge in [-0.15, -0.1) is 0 Å². The quantitative estimate of drug-likeness (QED) is 0.766. The number of carbonyl (C=O) groups excluding carboxylic acids is 1. The van der Waals surface area contributed by atoms with Gasteiger partial charge >= 0.3 is 0 Å². The summed E-state index contributed by atoms with van der Waals surface area (Å²) in [5, 5.41) is 11.9. The highest BCUT2D eigenvalue weighted by molar-refractivity contribution is 5.92. The molecule has 1 saturated carbocycles. The number of hydrogen-bond acceptors (Lipinski definition) is 4. The van der Waals surface area contributed by atoms with Crippen LogP contribution in [0, 0.1) is 12.3 Å². The van der Waals surface area contributed by atoms with Crippen LogP contribution in [0.25, 0.3) is 0 Å². The lowest BCUT2D eigenvalue weighted by molar-refractivity contribution is 0.0930. The average molecular weight is 221 g/mol. The van der Waals surface area contributed by atoms with Gasteiger partial charge in [0.15, 0.2) is 0 Å². The first-order valence-electron chi connectivity index (χ1n) is 5.33. The zero-order chi connectivity index (χ0) is 11.6. The number of rotatable bonds is 4. The SMILES string of the molecule is Cc1cc(C(=O)NCC2(CO)CC2)ncn1. The predicted molar refractivity (Wildman–Crippen MR) is 57.9 cm³/mol. The number of hydrogen-bond donors (Lipinski definition) is 2. The van der Waals surface area contributed by atoms with Crippen LogP contribution >= 0.6 is 0 Å².